The minimum absolute atomic E-state index is 0.0827. The smallest absolute Gasteiger partial charge is 0.311 e. The number of ether oxygens (including phenoxy) is 7. The number of carbonyl (C=O) groups excluding carboxylic acids is 1. The molecule has 5 N–H and O–H groups in total. The number of nitrogens with zero attached hydrogens (tertiary/aromatic N) is 8. The largest absolute Gasteiger partial charge is 0.459 e. The average molecular weight is 1080 g/mol. The van der Waals surface area contributed by atoms with Crippen LogP contribution in [0.3, 0.4) is 0 Å². The van der Waals surface area contributed by atoms with Gasteiger partial charge in [-0.15, -0.1) is 10.2 Å². The zero-order chi connectivity index (χ0) is 56.0. The first kappa shape index (κ1) is 61.6. The molecule has 0 radical (unpaired) electrons. The molecule has 3 fully saturated rings. The number of aromatic nitrogens is 6. The lowest BCUT2D eigenvalue weighted by Crippen LogP contribution is -2.61. The number of aliphatic hydroxyl groups excluding tert-OH is 3. The van der Waals surface area contributed by atoms with Gasteiger partial charge in [-0.05, 0) is 98.9 Å². The maximum atomic E-state index is 14.9. The molecule has 76 heavy (non-hydrogen) atoms. The van der Waals surface area contributed by atoms with Crippen LogP contribution < -0.4 is 0 Å². The third-order valence-corrected chi connectivity index (χ3v) is 16.6. The number of rotatable bonds is 17. The average Bonchev–Trinajstić information content (AvgIpc) is 4.09. The number of hydrogen-bond donors (Lipinski definition) is 5. The first-order valence-electron chi connectivity index (χ1n) is 27.0. The number of methoxy groups -OCH3 is 2. The summed E-state index contributed by atoms with van der Waals surface area (Å²) in [6, 6.07) is 5.81. The van der Waals surface area contributed by atoms with Crippen molar-refractivity contribution in [1.29, 1.82) is 0 Å². The summed E-state index contributed by atoms with van der Waals surface area (Å²) in [6.07, 6.45) is -4.62. The lowest BCUT2D eigenvalue weighted by atomic mass is 9.77. The molecule has 3 saturated heterocycles. The van der Waals surface area contributed by atoms with Crippen LogP contribution in [0.5, 0.6) is 0 Å². The van der Waals surface area contributed by atoms with Gasteiger partial charge in [0.25, 0.3) is 0 Å². The molecule has 22 heteroatoms. The van der Waals surface area contributed by atoms with Crippen LogP contribution in [0.15, 0.2) is 42.9 Å². The van der Waals surface area contributed by atoms with Crippen LogP contribution >= 0.6 is 0 Å². The lowest BCUT2D eigenvalue weighted by Gasteiger charge is -2.49. The topological polar surface area (TPSA) is 251 Å². The third-order valence-electron chi connectivity index (χ3n) is 16.6. The fraction of sp³-hybridized carbons (Fsp3) is 0.796. The highest BCUT2D eigenvalue weighted by Gasteiger charge is 2.53. The minimum atomic E-state index is -1.85. The van der Waals surface area contributed by atoms with Crippen molar-refractivity contribution in [3.05, 3.63) is 59.7 Å². The van der Waals surface area contributed by atoms with Crippen LogP contribution in [-0.2, 0) is 50.9 Å². The fourth-order valence-electron chi connectivity index (χ4n) is 11.8. The molecule has 3 aliphatic rings. The second-order valence-corrected chi connectivity index (χ2v) is 22.8. The maximum Gasteiger partial charge on any atom is 0.311 e. The van der Waals surface area contributed by atoms with Gasteiger partial charge in [0.2, 0.25) is 0 Å². The summed E-state index contributed by atoms with van der Waals surface area (Å²) in [5, 5.41) is 76.5. The van der Waals surface area contributed by atoms with Gasteiger partial charge in [-0.3, -0.25) is 4.79 Å². The number of benzene rings is 1. The number of carbonyl (C=O) groups is 1. The molecule has 1 aromatic carbocycles. The highest BCUT2D eigenvalue weighted by Crippen LogP contribution is 2.41. The number of aliphatic hydroxyl groups is 5. The summed E-state index contributed by atoms with van der Waals surface area (Å²) in [5.41, 5.74) is -2.22. The van der Waals surface area contributed by atoms with Gasteiger partial charge >= 0.3 is 5.97 Å². The molecule has 0 amide bonds. The van der Waals surface area contributed by atoms with Gasteiger partial charge in [0, 0.05) is 70.5 Å². The Labute approximate surface area is 448 Å². The molecule has 0 bridgehead atoms. The summed E-state index contributed by atoms with van der Waals surface area (Å²) in [5.74, 6) is -2.88. The number of cyclic esters (lactones) is 1. The van der Waals surface area contributed by atoms with E-state index in [-0.39, 0.29) is 25.2 Å². The quantitative estimate of drug-likeness (QED) is 0.121. The summed E-state index contributed by atoms with van der Waals surface area (Å²) in [4.78, 5) is 18.4. The van der Waals surface area contributed by atoms with E-state index in [9.17, 15) is 34.7 Å². The van der Waals surface area contributed by atoms with Gasteiger partial charge in [-0.2, -0.15) is 0 Å². The van der Waals surface area contributed by atoms with Crippen molar-refractivity contribution in [3.8, 4) is 0 Å². The predicted octanol–water partition coefficient (Wildman–Crippen LogP) is 3.64. The molecule has 5 heterocycles. The van der Waals surface area contributed by atoms with Crippen LogP contribution in [0.25, 0.3) is 0 Å². The standard InChI is InChI=1S/C54H89FN8O13/c1-15-42-54(10,69)47(65)35(6)61(12)28-31(2)25-52(8,68)49(33(4)45(34(5)50(67)74-42)75-43-26-53(9,71-14)48(66)36(7)73-43)76-51-44(64)40(24-32(3)72-51)60(11)22-20-39-30-63(59-57-39)41(27-55)46(70-13)38-18-16-37(17-19-38)29-62-23-21-56-58-62/h16-19,21,23,30-36,40-49,51,64-66,68-69H,15,20,22,24-29H2,1-14H3/t31-,32-,33+,34-,35-,36+,40+,41-,42-,43+,44-,45+,46-,47-,48+,49-,51+,52-,53-,54-/m1/s1. The van der Waals surface area contributed by atoms with E-state index >= 15 is 0 Å². The molecule has 3 aliphatic heterocycles. The van der Waals surface area contributed by atoms with Gasteiger partial charge in [0.05, 0.1) is 60.0 Å². The molecule has 20 atom stereocenters. The zero-order valence-electron chi connectivity index (χ0n) is 47.2. The number of hydrogen-bond acceptors (Lipinski definition) is 19. The number of esters is 1. The van der Waals surface area contributed by atoms with Gasteiger partial charge in [0.1, 0.15) is 48.8 Å². The van der Waals surface area contributed by atoms with Crippen LogP contribution in [0.1, 0.15) is 124 Å². The van der Waals surface area contributed by atoms with E-state index in [4.69, 9.17) is 33.2 Å². The Morgan fingerprint density at radius 2 is 1.66 bits per heavy atom. The lowest BCUT2D eigenvalue weighted by molar-refractivity contribution is -0.318. The van der Waals surface area contributed by atoms with E-state index in [1.165, 1.54) is 25.8 Å². The summed E-state index contributed by atoms with van der Waals surface area (Å²) < 4.78 is 62.3. The van der Waals surface area contributed by atoms with E-state index in [1.54, 1.807) is 71.7 Å². The Morgan fingerprint density at radius 1 is 0.961 bits per heavy atom. The van der Waals surface area contributed by atoms with E-state index in [0.717, 1.165) is 11.1 Å². The molecule has 21 nitrogen and oxygen atoms in total. The Balaban J connectivity index is 1.25. The zero-order valence-corrected chi connectivity index (χ0v) is 47.2. The molecule has 0 unspecified atom stereocenters. The molecule has 0 aliphatic carbocycles. The van der Waals surface area contributed by atoms with E-state index in [2.05, 4.69) is 20.6 Å². The Morgan fingerprint density at radius 3 is 2.28 bits per heavy atom. The monoisotopic (exact) mass is 1080 g/mol. The summed E-state index contributed by atoms with van der Waals surface area (Å²) >= 11 is 0. The van der Waals surface area contributed by atoms with Crippen molar-refractivity contribution >= 4 is 5.97 Å². The van der Waals surface area contributed by atoms with Crippen LogP contribution in [0, 0.1) is 17.8 Å². The van der Waals surface area contributed by atoms with Crippen LogP contribution in [-0.4, -0.2) is 210 Å². The van der Waals surface area contributed by atoms with Crippen LogP contribution in [0.2, 0.25) is 0 Å². The van der Waals surface area contributed by atoms with E-state index in [1.807, 2.05) is 62.0 Å². The number of alkyl halides is 1. The first-order valence-corrected chi connectivity index (χ1v) is 27.0. The summed E-state index contributed by atoms with van der Waals surface area (Å²) in [6.45, 7) is 18.0. The Kier molecular flexibility index (Phi) is 21.2. The van der Waals surface area contributed by atoms with E-state index in [0.29, 0.717) is 38.2 Å². The molecular formula is C54H89FN8O13. The molecule has 3 aromatic rings. The highest BCUT2D eigenvalue weighted by molar-refractivity contribution is 5.73. The molecule has 2 aromatic heterocycles. The van der Waals surface area contributed by atoms with Gasteiger partial charge in [-0.25, -0.2) is 13.8 Å². The normalized spacial score (nSPS) is 38.5. The van der Waals surface area contributed by atoms with Gasteiger partial charge in [0.15, 0.2) is 12.6 Å². The first-order chi connectivity index (χ1) is 35.8. The SMILES string of the molecule is CC[C@H]1OC(=O)[C@H](C)[C@@H](O[C@H]2C[C@@](C)(OC)[C@@H](O)[C@H](C)O2)[C@H](C)[C@@H](O[C@@H]2O[C@H](C)C[C@H](N(C)CCc3cn([C@H](CF)[C@H](OC)c4ccc(Cn5ccnn5)cc4)nn3)[C@H]2O)[C@](C)(O)C[C@@H](C)CN(C)[C@H](C)[C@@H](O)[C@]1(C)O. The van der Waals surface area contributed by atoms with Crippen molar-refractivity contribution in [2.75, 3.05) is 48.1 Å². The third kappa shape index (κ3) is 14.2. The minimum Gasteiger partial charge on any atom is -0.459 e. The molecular weight excluding hydrogens is 988 g/mol. The number of likely N-dealkylation sites (N-methyl/N-ethyl adjacent to an activating group) is 2. The molecule has 6 rings (SSSR count). The van der Waals surface area contributed by atoms with Gasteiger partial charge < -0.3 is 68.5 Å². The second-order valence-electron chi connectivity index (χ2n) is 22.8. The Bertz CT molecular complexity index is 2240. The van der Waals surface area contributed by atoms with Crippen molar-refractivity contribution in [2.24, 2.45) is 17.8 Å². The van der Waals surface area contributed by atoms with Crippen molar-refractivity contribution < 1.29 is 67.9 Å². The second kappa shape index (κ2) is 26.1. The molecule has 430 valence electrons. The molecule has 0 saturated carbocycles. The predicted molar refractivity (Wildman–Crippen MR) is 277 cm³/mol. The Hall–Kier alpha value is -3.62. The molecule has 0 spiro atoms. The maximum absolute atomic E-state index is 14.9. The fourth-order valence-corrected chi connectivity index (χ4v) is 11.8. The van der Waals surface area contributed by atoms with Gasteiger partial charge in [-0.1, -0.05) is 55.5 Å². The van der Waals surface area contributed by atoms with Crippen molar-refractivity contribution in [2.45, 2.75) is 210 Å². The number of halogens is 1. The summed E-state index contributed by atoms with van der Waals surface area (Å²) in [7, 11) is 6.75. The van der Waals surface area contributed by atoms with E-state index < -0.39 is 127 Å². The highest BCUT2D eigenvalue weighted by atomic mass is 19.1. The van der Waals surface area contributed by atoms with Crippen molar-refractivity contribution in [3.63, 3.8) is 0 Å². The van der Waals surface area contributed by atoms with Crippen LogP contribution in [0.4, 0.5) is 4.39 Å². The van der Waals surface area contributed by atoms with Crippen molar-refractivity contribution in [1.82, 2.24) is 39.8 Å².